The van der Waals surface area contributed by atoms with E-state index in [1.54, 1.807) is 17.8 Å². The monoisotopic (exact) mass is 302 g/mol. The van der Waals surface area contributed by atoms with E-state index in [1.807, 2.05) is 13.0 Å². The number of rotatable bonds is 6. The van der Waals surface area contributed by atoms with Gasteiger partial charge in [0.1, 0.15) is 4.21 Å². The van der Waals surface area contributed by atoms with Crippen molar-refractivity contribution in [1.29, 1.82) is 0 Å². The second-order valence-corrected chi connectivity index (χ2v) is 7.82. The van der Waals surface area contributed by atoms with Crippen LogP contribution >= 0.6 is 22.7 Å². The zero-order chi connectivity index (χ0) is 13.0. The van der Waals surface area contributed by atoms with E-state index in [4.69, 9.17) is 0 Å². The van der Waals surface area contributed by atoms with E-state index < -0.39 is 10.0 Å². The topological polar surface area (TPSA) is 59.1 Å². The smallest absolute Gasteiger partial charge is 0.250 e. The molecule has 0 amide bonds. The van der Waals surface area contributed by atoms with Gasteiger partial charge in [-0.15, -0.1) is 22.7 Å². The van der Waals surface area contributed by atoms with Crippen LogP contribution in [0.15, 0.2) is 28.0 Å². The average Bonchev–Trinajstić information content (AvgIpc) is 2.99. The highest BCUT2D eigenvalue weighted by Gasteiger charge is 2.15. The molecule has 0 fully saturated rings. The summed E-state index contributed by atoms with van der Waals surface area (Å²) in [6, 6.07) is 3.53. The molecule has 2 aromatic heterocycles. The molecule has 0 bridgehead atoms. The van der Waals surface area contributed by atoms with Gasteiger partial charge < -0.3 is 0 Å². The van der Waals surface area contributed by atoms with Gasteiger partial charge in [0.2, 0.25) is 10.0 Å². The lowest BCUT2D eigenvalue weighted by Gasteiger charge is -2.03. The van der Waals surface area contributed by atoms with Gasteiger partial charge >= 0.3 is 0 Å². The van der Waals surface area contributed by atoms with Crippen LogP contribution in [0.2, 0.25) is 0 Å². The Morgan fingerprint density at radius 2 is 2.17 bits per heavy atom. The number of thiazole rings is 1. The predicted molar refractivity (Wildman–Crippen MR) is 74.7 cm³/mol. The number of nitrogens with one attached hydrogen (secondary N) is 1. The lowest BCUT2D eigenvalue weighted by atomic mass is 10.4. The molecule has 4 nitrogen and oxygen atoms in total. The second-order valence-electron chi connectivity index (χ2n) is 3.69. The van der Waals surface area contributed by atoms with Gasteiger partial charge in [0.25, 0.3) is 0 Å². The molecule has 1 N–H and O–H groups in total. The number of hydrogen-bond acceptors (Lipinski definition) is 5. The number of nitrogens with zero attached hydrogens (tertiary/aromatic N) is 1. The second kappa shape index (κ2) is 5.92. The molecule has 0 unspecified atom stereocenters. The van der Waals surface area contributed by atoms with Crippen molar-refractivity contribution in [3.63, 3.8) is 0 Å². The first kappa shape index (κ1) is 13.7. The molecule has 2 heterocycles. The van der Waals surface area contributed by atoms with Crippen molar-refractivity contribution in [3.8, 4) is 0 Å². The van der Waals surface area contributed by atoms with Crippen molar-refractivity contribution < 1.29 is 8.42 Å². The maximum Gasteiger partial charge on any atom is 0.250 e. The van der Waals surface area contributed by atoms with E-state index >= 15 is 0 Å². The fourth-order valence-electron chi connectivity index (χ4n) is 1.44. The summed E-state index contributed by atoms with van der Waals surface area (Å²) in [5.74, 6) is 0. The minimum atomic E-state index is -3.35. The third-order valence-corrected chi connectivity index (χ3v) is 6.42. The van der Waals surface area contributed by atoms with Gasteiger partial charge in [-0.05, 0) is 25.0 Å². The van der Waals surface area contributed by atoms with Crippen LogP contribution < -0.4 is 4.72 Å². The Hall–Kier alpha value is -0.760. The Morgan fingerprint density at radius 1 is 1.33 bits per heavy atom. The summed E-state index contributed by atoms with van der Waals surface area (Å²) in [6.45, 7) is 2.42. The molecule has 2 rings (SSSR count). The summed E-state index contributed by atoms with van der Waals surface area (Å²) in [4.78, 5) is 6.12. The molecule has 18 heavy (non-hydrogen) atoms. The zero-order valence-electron chi connectivity index (χ0n) is 9.92. The summed E-state index contributed by atoms with van der Waals surface area (Å²) >= 11 is 2.86. The summed E-state index contributed by atoms with van der Waals surface area (Å²) in [5.41, 5.74) is 1.75. The van der Waals surface area contributed by atoms with Gasteiger partial charge in [-0.3, -0.25) is 4.98 Å². The lowest BCUT2D eigenvalue weighted by Crippen LogP contribution is -2.25. The standard InChI is InChI=1S/C11H14N2O2S3/c1-2-9-3-4-11(17-9)18(14,15)13-6-5-10-7-12-8-16-10/h3-4,7-8,13H,2,5-6H2,1H3. The summed E-state index contributed by atoms with van der Waals surface area (Å²) < 4.78 is 27.0. The van der Waals surface area contributed by atoms with Crippen LogP contribution in [0.4, 0.5) is 0 Å². The SMILES string of the molecule is CCc1ccc(S(=O)(=O)NCCc2cncs2)s1. The van der Waals surface area contributed by atoms with E-state index in [-0.39, 0.29) is 0 Å². The van der Waals surface area contributed by atoms with Gasteiger partial charge in [0.15, 0.2) is 0 Å². The first-order chi connectivity index (χ1) is 8.62. The first-order valence-corrected chi connectivity index (χ1v) is 8.75. The summed E-state index contributed by atoms with van der Waals surface area (Å²) in [7, 11) is -3.35. The van der Waals surface area contributed by atoms with Crippen LogP contribution in [0.5, 0.6) is 0 Å². The Labute approximate surface area is 115 Å². The summed E-state index contributed by atoms with van der Waals surface area (Å²) in [5, 5.41) is 0. The Morgan fingerprint density at radius 3 is 2.78 bits per heavy atom. The Kier molecular flexibility index (Phi) is 4.50. The van der Waals surface area contributed by atoms with Crippen molar-refractivity contribution in [3.05, 3.63) is 33.6 Å². The average molecular weight is 302 g/mol. The van der Waals surface area contributed by atoms with Crippen molar-refractivity contribution in [1.82, 2.24) is 9.71 Å². The van der Waals surface area contributed by atoms with Crippen molar-refractivity contribution >= 4 is 32.7 Å². The van der Waals surface area contributed by atoms with E-state index in [9.17, 15) is 8.42 Å². The third-order valence-electron chi connectivity index (χ3n) is 2.40. The molecular weight excluding hydrogens is 288 g/mol. The molecule has 0 radical (unpaired) electrons. The fraction of sp³-hybridized carbons (Fsp3) is 0.364. The Bertz CT molecular complexity index is 588. The Balaban J connectivity index is 1.95. The first-order valence-electron chi connectivity index (χ1n) is 5.57. The third kappa shape index (κ3) is 3.38. The van der Waals surface area contributed by atoms with Gasteiger partial charge in [0, 0.05) is 22.5 Å². The molecule has 7 heteroatoms. The molecule has 0 aromatic carbocycles. The number of aromatic nitrogens is 1. The van der Waals surface area contributed by atoms with Crippen LogP contribution in [0.3, 0.4) is 0 Å². The number of sulfonamides is 1. The van der Waals surface area contributed by atoms with Crippen LogP contribution in [-0.2, 0) is 22.9 Å². The molecule has 0 aliphatic heterocycles. The number of hydrogen-bond donors (Lipinski definition) is 1. The summed E-state index contributed by atoms with van der Waals surface area (Å²) in [6.07, 6.45) is 3.30. The van der Waals surface area contributed by atoms with Crippen LogP contribution in [0.25, 0.3) is 0 Å². The van der Waals surface area contributed by atoms with Gasteiger partial charge in [-0.25, -0.2) is 13.1 Å². The van der Waals surface area contributed by atoms with Crippen LogP contribution in [-0.4, -0.2) is 19.9 Å². The van der Waals surface area contributed by atoms with E-state index in [0.717, 1.165) is 16.2 Å². The minimum Gasteiger partial charge on any atom is -0.253 e. The van der Waals surface area contributed by atoms with Gasteiger partial charge in [0.05, 0.1) is 5.51 Å². The fourth-order valence-corrected chi connectivity index (χ4v) is 4.41. The highest BCUT2D eigenvalue weighted by Crippen LogP contribution is 2.21. The normalized spacial score (nSPS) is 11.8. The molecular formula is C11H14N2O2S3. The molecule has 0 saturated carbocycles. The van der Waals surface area contributed by atoms with Crippen LogP contribution in [0.1, 0.15) is 16.7 Å². The predicted octanol–water partition coefficient (Wildman–Crippen LogP) is 2.29. The van der Waals surface area contributed by atoms with Crippen LogP contribution in [0, 0.1) is 0 Å². The number of thiophene rings is 1. The molecule has 0 aliphatic carbocycles. The highest BCUT2D eigenvalue weighted by atomic mass is 32.2. The molecule has 0 spiro atoms. The van der Waals surface area contributed by atoms with Crippen molar-refractivity contribution in [2.45, 2.75) is 24.0 Å². The molecule has 0 saturated heterocycles. The van der Waals surface area contributed by atoms with Gasteiger partial charge in [-0.1, -0.05) is 6.92 Å². The molecule has 0 aliphatic rings. The van der Waals surface area contributed by atoms with Crippen molar-refractivity contribution in [2.75, 3.05) is 6.54 Å². The van der Waals surface area contributed by atoms with E-state index in [0.29, 0.717) is 17.2 Å². The van der Waals surface area contributed by atoms with Crippen molar-refractivity contribution in [2.24, 2.45) is 0 Å². The molecule has 0 atom stereocenters. The maximum absolute atomic E-state index is 12.0. The van der Waals surface area contributed by atoms with Gasteiger partial charge in [-0.2, -0.15) is 0 Å². The van der Waals surface area contributed by atoms with E-state index in [1.165, 1.54) is 22.7 Å². The largest absolute Gasteiger partial charge is 0.253 e. The highest BCUT2D eigenvalue weighted by molar-refractivity contribution is 7.91. The molecule has 2 aromatic rings. The quantitative estimate of drug-likeness (QED) is 0.890. The molecule has 98 valence electrons. The lowest BCUT2D eigenvalue weighted by molar-refractivity contribution is 0.584. The number of aryl methyl sites for hydroxylation is 1. The maximum atomic E-state index is 12.0. The zero-order valence-corrected chi connectivity index (χ0v) is 12.4. The van der Waals surface area contributed by atoms with E-state index in [2.05, 4.69) is 9.71 Å². The minimum absolute atomic E-state index is 0.392.